The molecule has 0 aliphatic carbocycles. The van der Waals surface area contributed by atoms with E-state index in [4.69, 9.17) is 4.74 Å². The molecule has 0 spiro atoms. The van der Waals surface area contributed by atoms with Crippen molar-refractivity contribution in [1.82, 2.24) is 9.97 Å². The van der Waals surface area contributed by atoms with Gasteiger partial charge >= 0.3 is 5.97 Å². The van der Waals surface area contributed by atoms with Gasteiger partial charge in [0.1, 0.15) is 11.6 Å². The van der Waals surface area contributed by atoms with Crippen molar-refractivity contribution in [2.24, 2.45) is 0 Å². The maximum absolute atomic E-state index is 14.0. The molecule has 198 valence electrons. The fourth-order valence-electron chi connectivity index (χ4n) is 4.70. The van der Waals surface area contributed by atoms with Gasteiger partial charge in [0.25, 0.3) is 5.91 Å². The summed E-state index contributed by atoms with van der Waals surface area (Å²) in [6.45, 7) is 4.25. The molecule has 8 nitrogen and oxygen atoms in total. The molecule has 9 heteroatoms. The standard InChI is InChI=1S/C30H27FN4O4/c1-4-35-27-23(29(36)34(3)24-10-12-26(31)33-28(24)35)16-19(17-32-27)13-14-39-25-11-9-20(15-18(2)30(37)38)21-7-5-6-8-22(21)25/h5-12,15-17H,4,13-14H2,1-3H3,(H,37,38)/b18-15+. The first-order valence-corrected chi connectivity index (χ1v) is 12.6. The Morgan fingerprint density at radius 3 is 2.62 bits per heavy atom. The number of pyridine rings is 2. The molecule has 0 atom stereocenters. The molecular formula is C30H27FN4O4. The third-order valence-corrected chi connectivity index (χ3v) is 6.74. The molecule has 0 bridgehead atoms. The van der Waals surface area contributed by atoms with Crippen LogP contribution in [0.3, 0.4) is 0 Å². The van der Waals surface area contributed by atoms with Gasteiger partial charge in [-0.15, -0.1) is 0 Å². The first kappa shape index (κ1) is 25.8. The number of hydrogen-bond donors (Lipinski definition) is 1. The van der Waals surface area contributed by atoms with Crippen molar-refractivity contribution in [2.45, 2.75) is 20.3 Å². The zero-order valence-corrected chi connectivity index (χ0v) is 21.8. The Bertz CT molecular complexity index is 1640. The fraction of sp³-hybridized carbons (Fsp3) is 0.200. The number of rotatable bonds is 7. The van der Waals surface area contributed by atoms with E-state index in [9.17, 15) is 19.1 Å². The zero-order valence-electron chi connectivity index (χ0n) is 21.8. The lowest BCUT2D eigenvalue weighted by molar-refractivity contribution is -0.132. The summed E-state index contributed by atoms with van der Waals surface area (Å²) >= 11 is 0. The summed E-state index contributed by atoms with van der Waals surface area (Å²) in [5.74, 6) is -0.389. The number of ether oxygens (including phenoxy) is 1. The van der Waals surface area contributed by atoms with Crippen LogP contribution in [0.2, 0.25) is 0 Å². The number of halogens is 1. The number of hydrogen-bond acceptors (Lipinski definition) is 6. The number of carbonyl (C=O) groups excluding carboxylic acids is 1. The summed E-state index contributed by atoms with van der Waals surface area (Å²) in [5, 5.41) is 11.0. The maximum Gasteiger partial charge on any atom is 0.331 e. The van der Waals surface area contributed by atoms with Crippen LogP contribution in [0, 0.1) is 5.95 Å². The van der Waals surface area contributed by atoms with E-state index < -0.39 is 11.9 Å². The highest BCUT2D eigenvalue weighted by molar-refractivity contribution is 6.12. The van der Waals surface area contributed by atoms with Gasteiger partial charge in [0.2, 0.25) is 5.95 Å². The van der Waals surface area contributed by atoms with E-state index in [-0.39, 0.29) is 11.5 Å². The molecule has 1 N–H and O–H groups in total. The predicted molar refractivity (Wildman–Crippen MR) is 148 cm³/mol. The number of anilines is 3. The Hall–Kier alpha value is -4.79. The maximum atomic E-state index is 14.0. The second-order valence-corrected chi connectivity index (χ2v) is 9.23. The van der Waals surface area contributed by atoms with E-state index in [0.717, 1.165) is 21.9 Å². The highest BCUT2D eigenvalue weighted by atomic mass is 19.1. The quantitative estimate of drug-likeness (QED) is 0.246. The van der Waals surface area contributed by atoms with Gasteiger partial charge in [-0.05, 0) is 60.7 Å². The molecule has 39 heavy (non-hydrogen) atoms. The molecule has 3 heterocycles. The SMILES string of the molecule is CCN1c2ncc(CCOc3ccc(/C=C(\C)C(=O)O)c4ccccc34)cc2C(=O)N(C)c2ccc(F)nc21. The van der Waals surface area contributed by atoms with Crippen LogP contribution in [0.25, 0.3) is 16.8 Å². The van der Waals surface area contributed by atoms with Gasteiger partial charge in [0, 0.05) is 37.2 Å². The second-order valence-electron chi connectivity index (χ2n) is 9.23. The third-order valence-electron chi connectivity index (χ3n) is 6.74. The Kier molecular flexibility index (Phi) is 6.98. The largest absolute Gasteiger partial charge is 0.493 e. The molecule has 1 amide bonds. The van der Waals surface area contributed by atoms with Crippen LogP contribution in [0.15, 0.2) is 66.4 Å². The minimum atomic E-state index is -0.965. The summed E-state index contributed by atoms with van der Waals surface area (Å²) in [4.78, 5) is 36.5. The van der Waals surface area contributed by atoms with Crippen molar-refractivity contribution in [3.8, 4) is 5.75 Å². The molecule has 0 fully saturated rings. The van der Waals surface area contributed by atoms with Crippen molar-refractivity contribution < 1.29 is 23.8 Å². The summed E-state index contributed by atoms with van der Waals surface area (Å²) in [7, 11) is 1.64. The third kappa shape index (κ3) is 4.90. The van der Waals surface area contributed by atoms with E-state index in [2.05, 4.69) is 9.97 Å². The van der Waals surface area contributed by atoms with Gasteiger partial charge in [0.05, 0.1) is 17.9 Å². The van der Waals surface area contributed by atoms with Gasteiger partial charge in [-0.2, -0.15) is 9.37 Å². The number of carboxylic acid groups (broad SMARTS) is 1. The second kappa shape index (κ2) is 10.5. The number of fused-ring (bicyclic) bond motifs is 3. The minimum Gasteiger partial charge on any atom is -0.493 e. The zero-order chi connectivity index (χ0) is 27.7. The number of carboxylic acids is 1. The Labute approximate surface area is 225 Å². The Morgan fingerprint density at radius 1 is 1.10 bits per heavy atom. The summed E-state index contributed by atoms with van der Waals surface area (Å²) in [5.41, 5.74) is 2.78. The van der Waals surface area contributed by atoms with E-state index >= 15 is 0 Å². The first-order valence-electron chi connectivity index (χ1n) is 12.6. The van der Waals surface area contributed by atoms with Crippen LogP contribution in [-0.4, -0.2) is 47.2 Å². The normalized spacial score (nSPS) is 13.2. The van der Waals surface area contributed by atoms with Crippen LogP contribution in [-0.2, 0) is 11.2 Å². The highest BCUT2D eigenvalue weighted by Gasteiger charge is 2.31. The molecule has 1 aliphatic heterocycles. The monoisotopic (exact) mass is 526 g/mol. The van der Waals surface area contributed by atoms with Crippen molar-refractivity contribution in [2.75, 3.05) is 30.0 Å². The van der Waals surface area contributed by atoms with Crippen LogP contribution < -0.4 is 14.5 Å². The van der Waals surface area contributed by atoms with E-state index in [1.54, 1.807) is 43.3 Å². The van der Waals surface area contributed by atoms with Crippen molar-refractivity contribution >= 4 is 46.0 Å². The number of benzene rings is 2. The van der Waals surface area contributed by atoms with Gasteiger partial charge in [-0.3, -0.25) is 4.79 Å². The van der Waals surface area contributed by atoms with Gasteiger partial charge in [0.15, 0.2) is 5.82 Å². The van der Waals surface area contributed by atoms with Crippen LogP contribution in [0.4, 0.5) is 21.7 Å². The lowest BCUT2D eigenvalue weighted by Crippen LogP contribution is -2.25. The van der Waals surface area contributed by atoms with Crippen molar-refractivity contribution in [1.29, 1.82) is 0 Å². The molecule has 0 saturated heterocycles. The van der Waals surface area contributed by atoms with Crippen molar-refractivity contribution in [3.63, 3.8) is 0 Å². The summed E-state index contributed by atoms with van der Waals surface area (Å²) in [6.07, 6.45) is 3.84. The predicted octanol–water partition coefficient (Wildman–Crippen LogP) is 5.63. The van der Waals surface area contributed by atoms with Crippen LogP contribution in [0.5, 0.6) is 5.75 Å². The fourth-order valence-corrected chi connectivity index (χ4v) is 4.70. The highest BCUT2D eigenvalue weighted by Crippen LogP contribution is 2.38. The molecule has 0 unspecified atom stereocenters. The molecule has 5 rings (SSSR count). The Morgan fingerprint density at radius 2 is 1.87 bits per heavy atom. The van der Waals surface area contributed by atoms with E-state index in [1.165, 1.54) is 11.0 Å². The first-order chi connectivity index (χ1) is 18.8. The van der Waals surface area contributed by atoms with E-state index in [0.29, 0.717) is 48.2 Å². The van der Waals surface area contributed by atoms with Gasteiger partial charge in [-0.1, -0.05) is 30.3 Å². The molecule has 2 aromatic carbocycles. The van der Waals surface area contributed by atoms with Crippen LogP contribution in [0.1, 0.15) is 35.3 Å². The topological polar surface area (TPSA) is 95.9 Å². The molecular weight excluding hydrogens is 499 g/mol. The number of carbonyl (C=O) groups is 2. The minimum absolute atomic E-state index is 0.246. The smallest absolute Gasteiger partial charge is 0.331 e. The average Bonchev–Trinajstić information content (AvgIpc) is 3.02. The van der Waals surface area contributed by atoms with Gasteiger partial charge < -0.3 is 19.6 Å². The number of amides is 1. The van der Waals surface area contributed by atoms with Crippen LogP contribution >= 0.6 is 0 Å². The Balaban J connectivity index is 1.39. The molecule has 1 aliphatic rings. The lowest BCUT2D eigenvalue weighted by Gasteiger charge is -2.22. The molecule has 2 aromatic heterocycles. The van der Waals surface area contributed by atoms with Gasteiger partial charge in [-0.25, -0.2) is 9.78 Å². The number of aliphatic carboxylic acids is 1. The summed E-state index contributed by atoms with van der Waals surface area (Å²) < 4.78 is 20.1. The van der Waals surface area contributed by atoms with E-state index in [1.807, 2.05) is 43.3 Å². The molecule has 4 aromatic rings. The summed E-state index contributed by atoms with van der Waals surface area (Å²) in [6, 6.07) is 15.9. The molecule has 0 saturated carbocycles. The number of nitrogens with zero attached hydrogens (tertiary/aromatic N) is 4. The van der Waals surface area contributed by atoms with Crippen molar-refractivity contribution in [3.05, 3.63) is 89.0 Å². The lowest BCUT2D eigenvalue weighted by atomic mass is 10.0. The number of aromatic nitrogens is 2. The molecule has 0 radical (unpaired) electrons. The average molecular weight is 527 g/mol.